The SMILES string of the molecule is CC(C)n1c(=O)n(C)c(=O)c2cc[nH]c21. The van der Waals surface area contributed by atoms with Gasteiger partial charge in [0.1, 0.15) is 5.65 Å². The van der Waals surface area contributed by atoms with Crippen molar-refractivity contribution in [3.05, 3.63) is 33.1 Å². The smallest absolute Gasteiger partial charge is 0.332 e. The van der Waals surface area contributed by atoms with Gasteiger partial charge in [-0.1, -0.05) is 0 Å². The van der Waals surface area contributed by atoms with Crippen LogP contribution in [0, 0.1) is 0 Å². The molecule has 0 fully saturated rings. The minimum atomic E-state index is -0.287. The van der Waals surface area contributed by atoms with Crippen LogP contribution >= 0.6 is 0 Å². The molecule has 5 nitrogen and oxygen atoms in total. The molecule has 0 aliphatic carbocycles. The first-order valence-corrected chi connectivity index (χ1v) is 4.82. The first-order valence-electron chi connectivity index (χ1n) is 4.82. The number of aromatic amines is 1. The maximum Gasteiger partial charge on any atom is 0.332 e. The van der Waals surface area contributed by atoms with Crippen molar-refractivity contribution in [3.63, 3.8) is 0 Å². The molecule has 0 bridgehead atoms. The summed E-state index contributed by atoms with van der Waals surface area (Å²) in [6, 6.07) is 1.71. The summed E-state index contributed by atoms with van der Waals surface area (Å²) in [6.45, 7) is 3.82. The fourth-order valence-electron chi connectivity index (χ4n) is 1.74. The molecule has 0 aliphatic rings. The third kappa shape index (κ3) is 1.23. The summed E-state index contributed by atoms with van der Waals surface area (Å²) in [5, 5.41) is 0.547. The molecule has 2 aromatic heterocycles. The zero-order chi connectivity index (χ0) is 11.2. The van der Waals surface area contributed by atoms with Crippen LogP contribution in [0.4, 0.5) is 0 Å². The predicted octanol–water partition coefficient (Wildman–Crippen LogP) is 0.609. The average Bonchev–Trinajstić information content (AvgIpc) is 2.62. The van der Waals surface area contributed by atoms with Crippen molar-refractivity contribution >= 4 is 11.0 Å². The summed E-state index contributed by atoms with van der Waals surface area (Å²) >= 11 is 0. The van der Waals surface area contributed by atoms with Gasteiger partial charge >= 0.3 is 5.69 Å². The third-order valence-corrected chi connectivity index (χ3v) is 2.51. The molecule has 15 heavy (non-hydrogen) atoms. The molecule has 0 unspecified atom stereocenters. The zero-order valence-electron chi connectivity index (χ0n) is 8.94. The first-order chi connectivity index (χ1) is 7.04. The van der Waals surface area contributed by atoms with E-state index in [4.69, 9.17) is 0 Å². The molecule has 0 radical (unpaired) electrons. The lowest BCUT2D eigenvalue weighted by molar-refractivity contribution is 0.552. The van der Waals surface area contributed by atoms with Crippen molar-refractivity contribution in [2.75, 3.05) is 0 Å². The number of rotatable bonds is 1. The summed E-state index contributed by atoms with van der Waals surface area (Å²) in [5.74, 6) is 0. The van der Waals surface area contributed by atoms with Crippen LogP contribution in [0.25, 0.3) is 11.0 Å². The van der Waals surface area contributed by atoms with Gasteiger partial charge in [0.15, 0.2) is 0 Å². The van der Waals surface area contributed by atoms with Gasteiger partial charge in [-0.15, -0.1) is 0 Å². The Morgan fingerprint density at radius 3 is 2.60 bits per heavy atom. The number of fused-ring (bicyclic) bond motifs is 1. The highest BCUT2D eigenvalue weighted by atomic mass is 16.2. The Labute approximate surface area is 86.0 Å². The molecule has 2 aromatic rings. The van der Waals surface area contributed by atoms with Gasteiger partial charge in [-0.3, -0.25) is 13.9 Å². The van der Waals surface area contributed by atoms with E-state index in [1.165, 1.54) is 7.05 Å². The maximum absolute atomic E-state index is 11.8. The average molecular weight is 207 g/mol. The van der Waals surface area contributed by atoms with Gasteiger partial charge in [0.05, 0.1) is 5.39 Å². The molecular formula is C10H13N3O2. The Balaban J connectivity index is 3.08. The van der Waals surface area contributed by atoms with E-state index in [1.807, 2.05) is 13.8 Å². The van der Waals surface area contributed by atoms with Gasteiger partial charge in [-0.2, -0.15) is 0 Å². The summed E-state index contributed by atoms with van der Waals surface area (Å²) in [6.07, 6.45) is 1.67. The van der Waals surface area contributed by atoms with Crippen LogP contribution in [0.15, 0.2) is 21.9 Å². The molecule has 1 N–H and O–H groups in total. The molecule has 0 aliphatic heterocycles. The largest absolute Gasteiger partial charge is 0.347 e. The van der Waals surface area contributed by atoms with E-state index < -0.39 is 0 Å². The van der Waals surface area contributed by atoms with Crippen LogP contribution in [-0.4, -0.2) is 14.1 Å². The minimum Gasteiger partial charge on any atom is -0.347 e. The van der Waals surface area contributed by atoms with Crippen LogP contribution in [0.2, 0.25) is 0 Å². The van der Waals surface area contributed by atoms with Gasteiger partial charge < -0.3 is 4.98 Å². The summed E-state index contributed by atoms with van der Waals surface area (Å²) in [7, 11) is 1.50. The molecule has 2 rings (SSSR count). The lowest BCUT2D eigenvalue weighted by Gasteiger charge is -2.12. The molecule has 0 saturated heterocycles. The number of aromatic nitrogens is 3. The summed E-state index contributed by atoms with van der Waals surface area (Å²) < 4.78 is 2.72. The standard InChI is InChI=1S/C10H13N3O2/c1-6(2)13-8-7(4-5-11-8)9(14)12(3)10(13)15/h4-6,11H,1-3H3. The van der Waals surface area contributed by atoms with Crippen LogP contribution in [0.1, 0.15) is 19.9 Å². The van der Waals surface area contributed by atoms with E-state index >= 15 is 0 Å². The zero-order valence-corrected chi connectivity index (χ0v) is 8.94. The topological polar surface area (TPSA) is 59.8 Å². The molecule has 0 amide bonds. The second-order valence-electron chi connectivity index (χ2n) is 3.85. The van der Waals surface area contributed by atoms with E-state index in [9.17, 15) is 9.59 Å². The molecule has 5 heteroatoms. The quantitative estimate of drug-likeness (QED) is 0.744. The second-order valence-corrected chi connectivity index (χ2v) is 3.85. The minimum absolute atomic E-state index is 0.0189. The van der Waals surface area contributed by atoms with Crippen molar-refractivity contribution in [2.45, 2.75) is 19.9 Å². The van der Waals surface area contributed by atoms with Gasteiger partial charge in [0.2, 0.25) is 0 Å². The highest BCUT2D eigenvalue weighted by Crippen LogP contribution is 2.09. The normalized spacial score (nSPS) is 11.5. The Bertz CT molecular complexity index is 616. The lowest BCUT2D eigenvalue weighted by Crippen LogP contribution is -2.38. The Kier molecular flexibility index (Phi) is 2.03. The number of hydrogen-bond donors (Lipinski definition) is 1. The van der Waals surface area contributed by atoms with Gasteiger partial charge in [-0.25, -0.2) is 4.79 Å². The fourth-order valence-corrected chi connectivity index (χ4v) is 1.74. The van der Waals surface area contributed by atoms with Crippen LogP contribution in [0.3, 0.4) is 0 Å². The highest BCUT2D eigenvalue weighted by molar-refractivity contribution is 5.74. The number of hydrogen-bond acceptors (Lipinski definition) is 2. The monoisotopic (exact) mass is 207 g/mol. The highest BCUT2D eigenvalue weighted by Gasteiger charge is 2.12. The Morgan fingerprint density at radius 2 is 2.00 bits per heavy atom. The first kappa shape index (κ1) is 9.76. The molecule has 80 valence electrons. The van der Waals surface area contributed by atoms with Crippen molar-refractivity contribution < 1.29 is 0 Å². The molecule has 0 saturated carbocycles. The summed E-state index contributed by atoms with van der Waals surface area (Å²) in [5.41, 5.74) is 0.0520. The molecule has 0 aromatic carbocycles. The number of nitrogens with one attached hydrogen (secondary N) is 1. The summed E-state index contributed by atoms with van der Waals surface area (Å²) in [4.78, 5) is 26.5. The number of nitrogens with zero attached hydrogens (tertiary/aromatic N) is 2. The van der Waals surface area contributed by atoms with Gasteiger partial charge in [-0.05, 0) is 19.9 Å². The van der Waals surface area contributed by atoms with E-state index in [-0.39, 0.29) is 17.3 Å². The van der Waals surface area contributed by atoms with Crippen molar-refractivity contribution in [1.29, 1.82) is 0 Å². The van der Waals surface area contributed by atoms with Crippen molar-refractivity contribution in [3.8, 4) is 0 Å². The van der Waals surface area contributed by atoms with Crippen LogP contribution < -0.4 is 11.2 Å². The van der Waals surface area contributed by atoms with E-state index in [0.717, 1.165) is 4.57 Å². The van der Waals surface area contributed by atoms with Crippen LogP contribution in [-0.2, 0) is 7.05 Å². The Hall–Kier alpha value is -1.78. The lowest BCUT2D eigenvalue weighted by atomic mass is 10.3. The molecule has 0 spiro atoms. The Morgan fingerprint density at radius 1 is 1.33 bits per heavy atom. The number of H-pyrrole nitrogens is 1. The molecule has 2 heterocycles. The van der Waals surface area contributed by atoms with Crippen molar-refractivity contribution in [2.24, 2.45) is 7.05 Å². The molecule has 0 atom stereocenters. The van der Waals surface area contributed by atoms with E-state index in [1.54, 1.807) is 16.8 Å². The maximum atomic E-state index is 11.8. The van der Waals surface area contributed by atoms with E-state index in [2.05, 4.69) is 4.98 Å². The van der Waals surface area contributed by atoms with Crippen LogP contribution in [0.5, 0.6) is 0 Å². The van der Waals surface area contributed by atoms with Gasteiger partial charge in [0.25, 0.3) is 5.56 Å². The predicted molar refractivity (Wildman–Crippen MR) is 58.2 cm³/mol. The third-order valence-electron chi connectivity index (χ3n) is 2.51. The van der Waals surface area contributed by atoms with Crippen molar-refractivity contribution in [1.82, 2.24) is 14.1 Å². The van der Waals surface area contributed by atoms with Gasteiger partial charge in [0, 0.05) is 19.3 Å². The fraction of sp³-hybridized carbons (Fsp3) is 0.400. The van der Waals surface area contributed by atoms with E-state index in [0.29, 0.717) is 11.0 Å². The molecular weight excluding hydrogens is 194 g/mol. The second kappa shape index (κ2) is 3.12.